The zero-order valence-electron chi connectivity index (χ0n) is 8.81. The monoisotopic (exact) mass is 217 g/mol. The Hall–Kier alpha value is -0.420. The van der Waals surface area contributed by atoms with E-state index in [0.29, 0.717) is 11.1 Å². The van der Waals surface area contributed by atoms with Crippen LogP contribution in [0, 0.1) is 0 Å². The van der Waals surface area contributed by atoms with Gasteiger partial charge >= 0.3 is 0 Å². The number of thioether (sulfide) groups is 1. The number of nitrogens with zero attached hydrogens (tertiary/aromatic N) is 2. The molecule has 0 saturated carbocycles. The molecule has 0 aliphatic carbocycles. The molecule has 5 heteroatoms. The van der Waals surface area contributed by atoms with Gasteiger partial charge in [0.25, 0.3) is 0 Å². The maximum atomic E-state index is 8.66. The summed E-state index contributed by atoms with van der Waals surface area (Å²) in [6.07, 6.45) is 0.896. The Morgan fingerprint density at radius 1 is 1.79 bits per heavy atom. The highest BCUT2D eigenvalue weighted by Crippen LogP contribution is 2.20. The number of hydrogen-bond acceptors (Lipinski definition) is 4. The van der Waals surface area contributed by atoms with Crippen LogP contribution in [-0.4, -0.2) is 46.1 Å². The summed E-state index contributed by atoms with van der Waals surface area (Å²) in [6.45, 7) is 6.34. The van der Waals surface area contributed by atoms with Gasteiger partial charge in [-0.25, -0.2) is 0 Å². The van der Waals surface area contributed by atoms with Crippen LogP contribution in [0.4, 0.5) is 0 Å². The van der Waals surface area contributed by atoms with Crippen molar-refractivity contribution in [3.05, 3.63) is 0 Å². The van der Waals surface area contributed by atoms with Crippen LogP contribution in [0.2, 0.25) is 0 Å². The molecule has 4 nitrogen and oxygen atoms in total. The van der Waals surface area contributed by atoms with E-state index in [0.717, 1.165) is 25.3 Å². The van der Waals surface area contributed by atoms with E-state index in [2.05, 4.69) is 23.9 Å². The lowest BCUT2D eigenvalue weighted by molar-refractivity contribution is 0.237. The molecule has 1 saturated heterocycles. The molecule has 0 amide bonds. The van der Waals surface area contributed by atoms with Gasteiger partial charge in [-0.2, -0.15) is 11.8 Å². The molecule has 2 atom stereocenters. The van der Waals surface area contributed by atoms with Crippen molar-refractivity contribution in [2.75, 3.05) is 18.8 Å². The summed E-state index contributed by atoms with van der Waals surface area (Å²) in [5.41, 5.74) is 5.66. The van der Waals surface area contributed by atoms with Crippen molar-refractivity contribution in [2.24, 2.45) is 10.9 Å². The Labute approximate surface area is 89.5 Å². The highest BCUT2D eigenvalue weighted by Gasteiger charge is 2.25. The van der Waals surface area contributed by atoms with Crippen molar-refractivity contribution < 1.29 is 5.21 Å². The second-order valence-corrected chi connectivity index (χ2v) is 5.17. The fraction of sp³-hybridized carbons (Fsp3) is 0.889. The summed E-state index contributed by atoms with van der Waals surface area (Å²) < 4.78 is 0. The van der Waals surface area contributed by atoms with Gasteiger partial charge in [0.05, 0.1) is 6.04 Å². The minimum absolute atomic E-state index is 0.100. The van der Waals surface area contributed by atoms with Gasteiger partial charge in [0.2, 0.25) is 0 Å². The summed E-state index contributed by atoms with van der Waals surface area (Å²) >= 11 is 1.98. The first-order chi connectivity index (χ1) is 6.69. The van der Waals surface area contributed by atoms with E-state index < -0.39 is 0 Å². The van der Waals surface area contributed by atoms with Crippen LogP contribution in [0.1, 0.15) is 20.3 Å². The highest BCUT2D eigenvalue weighted by atomic mass is 32.2. The largest absolute Gasteiger partial charge is 0.409 e. The van der Waals surface area contributed by atoms with Gasteiger partial charge < -0.3 is 10.9 Å². The number of nitrogens with two attached hydrogens (primary N) is 1. The van der Waals surface area contributed by atoms with Crippen molar-refractivity contribution >= 4 is 17.6 Å². The first-order valence-electron chi connectivity index (χ1n) is 5.02. The molecule has 2 unspecified atom stereocenters. The molecule has 1 fully saturated rings. The number of oxime groups is 1. The number of rotatable bonds is 3. The van der Waals surface area contributed by atoms with E-state index in [-0.39, 0.29) is 6.04 Å². The van der Waals surface area contributed by atoms with E-state index in [1.165, 1.54) is 0 Å². The predicted molar refractivity (Wildman–Crippen MR) is 61.0 cm³/mol. The summed E-state index contributed by atoms with van der Waals surface area (Å²) in [4.78, 5) is 2.30. The van der Waals surface area contributed by atoms with Gasteiger partial charge in [-0.05, 0) is 6.42 Å². The Balaban J connectivity index is 2.59. The highest BCUT2D eigenvalue weighted by molar-refractivity contribution is 7.99. The van der Waals surface area contributed by atoms with Crippen molar-refractivity contribution in [1.82, 2.24) is 4.90 Å². The molecule has 0 aromatic rings. The zero-order chi connectivity index (χ0) is 10.6. The number of hydrogen-bond donors (Lipinski definition) is 2. The Bertz CT molecular complexity index is 210. The molecule has 3 N–H and O–H groups in total. The Kier molecular flexibility index (Phi) is 4.54. The third-order valence-electron chi connectivity index (χ3n) is 2.56. The first kappa shape index (κ1) is 11.7. The minimum Gasteiger partial charge on any atom is -0.409 e. The zero-order valence-corrected chi connectivity index (χ0v) is 9.63. The van der Waals surface area contributed by atoms with E-state index in [9.17, 15) is 0 Å². The fourth-order valence-corrected chi connectivity index (χ4v) is 2.89. The van der Waals surface area contributed by atoms with E-state index in [4.69, 9.17) is 10.9 Å². The summed E-state index contributed by atoms with van der Waals surface area (Å²) in [6, 6.07) is 0.100. The summed E-state index contributed by atoms with van der Waals surface area (Å²) in [5, 5.41) is 12.4. The molecule has 0 bridgehead atoms. The maximum Gasteiger partial charge on any atom is 0.156 e. The van der Waals surface area contributed by atoms with Crippen molar-refractivity contribution in [3.8, 4) is 0 Å². The molecule has 0 radical (unpaired) electrons. The van der Waals surface area contributed by atoms with Gasteiger partial charge in [0.15, 0.2) is 5.84 Å². The fourth-order valence-electron chi connectivity index (χ4n) is 1.85. The second kappa shape index (κ2) is 5.46. The Morgan fingerprint density at radius 3 is 3.00 bits per heavy atom. The van der Waals surface area contributed by atoms with Crippen LogP contribution < -0.4 is 5.73 Å². The summed E-state index contributed by atoms with van der Waals surface area (Å²) in [5.74, 6) is 1.47. The minimum atomic E-state index is 0.100. The standard InChI is InChI=1S/C9H19N3OS/c1-3-8(9(10)11-13)12-4-5-14-7(2)6-12/h7-8,13H,3-6H2,1-2H3,(H2,10,11). The Morgan fingerprint density at radius 2 is 2.50 bits per heavy atom. The molecule has 1 heterocycles. The van der Waals surface area contributed by atoms with E-state index in [1.807, 2.05) is 11.8 Å². The lowest BCUT2D eigenvalue weighted by Gasteiger charge is -2.35. The van der Waals surface area contributed by atoms with Gasteiger partial charge in [0.1, 0.15) is 0 Å². The molecule has 0 spiro atoms. The third-order valence-corrected chi connectivity index (χ3v) is 3.69. The average Bonchev–Trinajstić information content (AvgIpc) is 2.19. The molecule has 1 rings (SSSR count). The van der Waals surface area contributed by atoms with Crippen LogP contribution in [-0.2, 0) is 0 Å². The number of amidine groups is 1. The van der Waals surface area contributed by atoms with Gasteiger partial charge in [0, 0.05) is 24.1 Å². The third kappa shape index (κ3) is 2.78. The normalized spacial score (nSPS) is 27.6. The molecule has 1 aliphatic rings. The van der Waals surface area contributed by atoms with Crippen LogP contribution in [0.15, 0.2) is 5.16 Å². The van der Waals surface area contributed by atoms with Crippen LogP contribution in [0.25, 0.3) is 0 Å². The van der Waals surface area contributed by atoms with Crippen LogP contribution >= 0.6 is 11.8 Å². The lowest BCUT2D eigenvalue weighted by Crippen LogP contribution is -2.49. The van der Waals surface area contributed by atoms with Gasteiger partial charge in [-0.15, -0.1) is 0 Å². The van der Waals surface area contributed by atoms with Crippen LogP contribution in [0.3, 0.4) is 0 Å². The predicted octanol–water partition coefficient (Wildman–Crippen LogP) is 0.949. The smallest absolute Gasteiger partial charge is 0.156 e. The molecule has 82 valence electrons. The van der Waals surface area contributed by atoms with Crippen molar-refractivity contribution in [3.63, 3.8) is 0 Å². The lowest BCUT2D eigenvalue weighted by atomic mass is 10.1. The maximum absolute atomic E-state index is 8.66. The first-order valence-corrected chi connectivity index (χ1v) is 6.07. The molecule has 0 aromatic heterocycles. The quantitative estimate of drug-likeness (QED) is 0.320. The molecule has 1 aliphatic heterocycles. The van der Waals surface area contributed by atoms with Crippen molar-refractivity contribution in [2.45, 2.75) is 31.6 Å². The van der Waals surface area contributed by atoms with E-state index >= 15 is 0 Å². The molecular formula is C9H19N3OS. The SMILES string of the molecule is CCC(/C(N)=N/O)N1CCSC(C)C1. The summed E-state index contributed by atoms with van der Waals surface area (Å²) in [7, 11) is 0. The molecular weight excluding hydrogens is 198 g/mol. The van der Waals surface area contributed by atoms with Crippen LogP contribution in [0.5, 0.6) is 0 Å². The van der Waals surface area contributed by atoms with Gasteiger partial charge in [-0.3, -0.25) is 4.90 Å². The van der Waals surface area contributed by atoms with Crippen molar-refractivity contribution in [1.29, 1.82) is 0 Å². The average molecular weight is 217 g/mol. The molecule has 14 heavy (non-hydrogen) atoms. The second-order valence-electron chi connectivity index (χ2n) is 3.63. The van der Waals surface area contributed by atoms with Gasteiger partial charge in [-0.1, -0.05) is 19.0 Å². The topological polar surface area (TPSA) is 61.9 Å². The molecule has 0 aromatic carbocycles. The van der Waals surface area contributed by atoms with E-state index in [1.54, 1.807) is 0 Å².